The summed E-state index contributed by atoms with van der Waals surface area (Å²) >= 11 is 0. The van der Waals surface area contributed by atoms with E-state index in [2.05, 4.69) is 24.0 Å². The molecule has 0 unspecified atom stereocenters. The smallest absolute Gasteiger partial charge is 0.0693 e. The summed E-state index contributed by atoms with van der Waals surface area (Å²) in [5.74, 6) is 5.89. The fourth-order valence-electron chi connectivity index (χ4n) is 0.646. The molecule has 0 aromatic carbocycles. The van der Waals surface area contributed by atoms with Crippen LogP contribution in [0.4, 0.5) is 0 Å². The normalized spacial score (nSPS) is 10.7. The Morgan fingerprint density at radius 3 is 1.29 bits per heavy atom. The summed E-state index contributed by atoms with van der Waals surface area (Å²) in [5, 5.41) is 17.5. The maximum atomic E-state index is 8.73. The van der Waals surface area contributed by atoms with Crippen LogP contribution in [-0.2, 0) is 0 Å². The molecule has 0 fully saturated rings. The van der Waals surface area contributed by atoms with Gasteiger partial charge in [-0.3, -0.25) is 0 Å². The van der Waals surface area contributed by atoms with E-state index in [1.54, 1.807) is 0 Å². The fourth-order valence-corrected chi connectivity index (χ4v) is 0.646. The average Bonchev–Trinajstić information content (AvgIpc) is 2.13. The molecule has 0 spiro atoms. The van der Waals surface area contributed by atoms with E-state index in [4.69, 9.17) is 10.5 Å². The predicted octanol–water partition coefficient (Wildman–Crippen LogP) is 2.87. The monoisotopic (exact) mass is 188 g/mol. The lowest BCUT2D eigenvalue weighted by atomic mass is 9.90. The van der Waals surface area contributed by atoms with Crippen LogP contribution in [0, 0.1) is 45.3 Å². The molecule has 0 bridgehead atoms. The lowest BCUT2D eigenvalue weighted by molar-refractivity contribution is 0.504. The second-order valence-electron chi connectivity index (χ2n) is 4.70. The lowest BCUT2D eigenvalue weighted by Gasteiger charge is -2.10. The molecule has 0 N–H and O–H groups in total. The highest BCUT2D eigenvalue weighted by Crippen LogP contribution is 2.19. The Balaban J connectivity index is 4.13. The summed E-state index contributed by atoms with van der Waals surface area (Å²) in [6.07, 6.45) is 1.12. The van der Waals surface area contributed by atoms with Gasteiger partial charge in [0, 0.05) is 12.8 Å². The van der Waals surface area contributed by atoms with Crippen LogP contribution in [-0.4, -0.2) is 0 Å². The summed E-state index contributed by atoms with van der Waals surface area (Å²) < 4.78 is 0. The van der Waals surface area contributed by atoms with Crippen molar-refractivity contribution in [2.75, 3.05) is 0 Å². The van der Waals surface area contributed by atoms with E-state index < -0.39 is 0 Å². The third-order valence-electron chi connectivity index (χ3n) is 1.79. The molecule has 0 aliphatic carbocycles. The second kappa shape index (κ2) is 4.69. The van der Waals surface area contributed by atoms with Crippen molar-refractivity contribution in [2.45, 2.75) is 40.5 Å². The molecular formula is C12H16N2. The maximum absolute atomic E-state index is 8.73. The Hall–Kier alpha value is -1.46. The molecule has 2 nitrogen and oxygen atoms in total. The van der Waals surface area contributed by atoms with Gasteiger partial charge in [0.15, 0.2) is 0 Å². The quantitative estimate of drug-likeness (QED) is 0.625. The lowest BCUT2D eigenvalue weighted by Crippen LogP contribution is -2.07. The van der Waals surface area contributed by atoms with Crippen LogP contribution in [0.2, 0.25) is 0 Å². The summed E-state index contributed by atoms with van der Waals surface area (Å²) in [7, 11) is 0. The first kappa shape index (κ1) is 12.5. The van der Waals surface area contributed by atoms with Crippen LogP contribution in [0.3, 0.4) is 0 Å². The SMILES string of the molecule is CC(C)(C#N)CC#CCC(C)(C)C#N. The van der Waals surface area contributed by atoms with E-state index in [-0.39, 0.29) is 10.8 Å². The van der Waals surface area contributed by atoms with Crippen LogP contribution in [0.5, 0.6) is 0 Å². The van der Waals surface area contributed by atoms with Gasteiger partial charge in [-0.15, -0.1) is 11.8 Å². The Morgan fingerprint density at radius 2 is 1.07 bits per heavy atom. The number of nitriles is 2. The molecule has 0 heterocycles. The molecule has 0 saturated heterocycles. The molecule has 14 heavy (non-hydrogen) atoms. The fraction of sp³-hybridized carbons (Fsp3) is 0.667. The molecule has 0 aliphatic heterocycles. The highest BCUT2D eigenvalue weighted by molar-refractivity contribution is 5.10. The van der Waals surface area contributed by atoms with Gasteiger partial charge in [-0.05, 0) is 27.7 Å². The minimum atomic E-state index is -0.385. The van der Waals surface area contributed by atoms with Crippen molar-refractivity contribution in [3.8, 4) is 24.0 Å². The van der Waals surface area contributed by atoms with Gasteiger partial charge in [-0.1, -0.05) is 0 Å². The standard InChI is InChI=1S/C12H16N2/c1-11(2,9-13)7-5-6-8-12(3,4)10-14/h7-8H2,1-4H3. The Kier molecular flexibility index (Phi) is 4.20. The minimum absolute atomic E-state index is 0.385. The molecular weight excluding hydrogens is 172 g/mol. The van der Waals surface area contributed by atoms with Crippen LogP contribution < -0.4 is 0 Å². The van der Waals surface area contributed by atoms with Gasteiger partial charge < -0.3 is 0 Å². The van der Waals surface area contributed by atoms with Crippen LogP contribution >= 0.6 is 0 Å². The zero-order chi connectivity index (χ0) is 11.2. The highest BCUT2D eigenvalue weighted by Gasteiger charge is 2.16. The van der Waals surface area contributed by atoms with E-state index in [0.29, 0.717) is 12.8 Å². The Bertz CT molecular complexity index is 294. The maximum Gasteiger partial charge on any atom is 0.0693 e. The first-order valence-electron chi connectivity index (χ1n) is 4.61. The molecule has 0 aromatic rings. The van der Waals surface area contributed by atoms with E-state index >= 15 is 0 Å². The van der Waals surface area contributed by atoms with Crippen molar-refractivity contribution in [2.24, 2.45) is 10.8 Å². The zero-order valence-electron chi connectivity index (χ0n) is 9.31. The van der Waals surface area contributed by atoms with Gasteiger partial charge in [0.25, 0.3) is 0 Å². The molecule has 74 valence electrons. The first-order valence-corrected chi connectivity index (χ1v) is 4.61. The molecule has 0 radical (unpaired) electrons. The van der Waals surface area contributed by atoms with Gasteiger partial charge in [-0.25, -0.2) is 0 Å². The Labute approximate surface area is 86.5 Å². The van der Waals surface area contributed by atoms with Gasteiger partial charge in [0.2, 0.25) is 0 Å². The molecule has 0 aromatic heterocycles. The molecule has 0 aliphatic rings. The summed E-state index contributed by atoms with van der Waals surface area (Å²) in [5.41, 5.74) is -0.770. The molecule has 0 atom stereocenters. The first-order chi connectivity index (χ1) is 6.33. The second-order valence-corrected chi connectivity index (χ2v) is 4.70. The summed E-state index contributed by atoms with van der Waals surface area (Å²) in [6, 6.07) is 4.37. The van der Waals surface area contributed by atoms with E-state index in [1.165, 1.54) is 0 Å². The summed E-state index contributed by atoms with van der Waals surface area (Å²) in [4.78, 5) is 0. The van der Waals surface area contributed by atoms with Gasteiger partial charge in [-0.2, -0.15) is 10.5 Å². The number of rotatable bonds is 2. The predicted molar refractivity (Wildman–Crippen MR) is 55.8 cm³/mol. The van der Waals surface area contributed by atoms with Crippen LogP contribution in [0.15, 0.2) is 0 Å². The molecule has 0 saturated carbocycles. The van der Waals surface area contributed by atoms with Crippen molar-refractivity contribution in [1.29, 1.82) is 10.5 Å². The largest absolute Gasteiger partial charge is 0.198 e. The minimum Gasteiger partial charge on any atom is -0.198 e. The van der Waals surface area contributed by atoms with Crippen molar-refractivity contribution in [3.05, 3.63) is 0 Å². The third-order valence-corrected chi connectivity index (χ3v) is 1.79. The molecule has 0 rings (SSSR count). The topological polar surface area (TPSA) is 47.6 Å². The van der Waals surface area contributed by atoms with E-state index in [0.717, 1.165) is 0 Å². The van der Waals surface area contributed by atoms with Gasteiger partial charge in [0.1, 0.15) is 0 Å². The Morgan fingerprint density at radius 1 is 0.786 bits per heavy atom. The zero-order valence-corrected chi connectivity index (χ0v) is 9.31. The van der Waals surface area contributed by atoms with Crippen molar-refractivity contribution in [3.63, 3.8) is 0 Å². The third kappa shape index (κ3) is 5.23. The van der Waals surface area contributed by atoms with Crippen molar-refractivity contribution in [1.82, 2.24) is 0 Å². The van der Waals surface area contributed by atoms with Crippen LogP contribution in [0.1, 0.15) is 40.5 Å². The molecule has 0 amide bonds. The van der Waals surface area contributed by atoms with E-state index in [9.17, 15) is 0 Å². The average molecular weight is 188 g/mol. The van der Waals surface area contributed by atoms with Crippen molar-refractivity contribution < 1.29 is 0 Å². The van der Waals surface area contributed by atoms with Crippen molar-refractivity contribution >= 4 is 0 Å². The summed E-state index contributed by atoms with van der Waals surface area (Å²) in [6.45, 7) is 7.43. The van der Waals surface area contributed by atoms with Crippen LogP contribution in [0.25, 0.3) is 0 Å². The van der Waals surface area contributed by atoms with Gasteiger partial charge in [0.05, 0.1) is 23.0 Å². The number of hydrogen-bond donors (Lipinski definition) is 0. The van der Waals surface area contributed by atoms with E-state index in [1.807, 2.05) is 27.7 Å². The highest BCUT2D eigenvalue weighted by atomic mass is 14.3. The molecule has 2 heteroatoms. The number of hydrogen-bond acceptors (Lipinski definition) is 2. The van der Waals surface area contributed by atoms with Gasteiger partial charge >= 0.3 is 0 Å². The number of nitrogens with zero attached hydrogens (tertiary/aromatic N) is 2.